The number of phenolic OH excluding ortho intramolecular Hbond substituents is 2. The number of alkyl halides is 1. The summed E-state index contributed by atoms with van der Waals surface area (Å²) in [6, 6.07) is 59.5. The van der Waals surface area contributed by atoms with E-state index in [-0.39, 0.29) is 122 Å². The van der Waals surface area contributed by atoms with Gasteiger partial charge in [-0.15, -0.1) is 32.9 Å². The maximum atomic E-state index is 10.5. The van der Waals surface area contributed by atoms with Crippen molar-refractivity contribution in [2.24, 2.45) is 0 Å². The van der Waals surface area contributed by atoms with E-state index in [2.05, 4.69) is 212 Å². The van der Waals surface area contributed by atoms with Crippen molar-refractivity contribution in [3.63, 3.8) is 0 Å². The molecule has 0 heterocycles. The Kier molecular flexibility index (Phi) is 27.0. The fraction of sp³-hybridized carbons (Fsp3) is 0.125. The minimum absolute atomic E-state index is 0. The van der Waals surface area contributed by atoms with Gasteiger partial charge in [-0.05, 0) is 139 Å². The molecule has 0 fully saturated rings. The Balaban J connectivity index is 0.000000308. The van der Waals surface area contributed by atoms with Gasteiger partial charge in [0.2, 0.25) is 0 Å². The average molecular weight is 1200 g/mol. The maximum Gasteiger partial charge on any atom is 1.00 e. The van der Waals surface area contributed by atoms with Crippen LogP contribution in [0.3, 0.4) is 0 Å². The van der Waals surface area contributed by atoms with E-state index < -0.39 is 10.8 Å². The van der Waals surface area contributed by atoms with Gasteiger partial charge >= 0.3 is 103 Å². The first kappa shape index (κ1) is 67.1. The van der Waals surface area contributed by atoms with Crippen LogP contribution in [0.2, 0.25) is 0 Å². The predicted molar refractivity (Wildman–Crippen MR) is 330 cm³/mol. The van der Waals surface area contributed by atoms with Crippen LogP contribution in [0.15, 0.2) is 258 Å². The molecule has 2 aliphatic carbocycles. The molecule has 0 aromatic heterocycles. The zero-order valence-electron chi connectivity index (χ0n) is 48.0. The second kappa shape index (κ2) is 33.0. The number of halogens is 1. The third kappa shape index (κ3) is 14.1. The number of aromatic hydroxyl groups is 2. The van der Waals surface area contributed by atoms with Gasteiger partial charge in [0, 0.05) is 5.33 Å². The normalized spacial score (nSPS) is 11.9. The Morgan fingerprint density at radius 2 is 0.695 bits per heavy atom. The molecule has 8 aromatic carbocycles. The number of benzene rings is 8. The average Bonchev–Trinajstić information content (AvgIpc) is 4.08. The molecule has 0 amide bonds. The summed E-state index contributed by atoms with van der Waals surface area (Å²) in [7, 11) is 0. The van der Waals surface area contributed by atoms with Crippen LogP contribution in [0, 0.1) is 0 Å². The quantitative estimate of drug-likeness (QED) is 0.0196. The van der Waals surface area contributed by atoms with E-state index in [0.29, 0.717) is 38.9 Å². The molecular weight excluding hydrogens is 1130 g/mol. The summed E-state index contributed by atoms with van der Waals surface area (Å²) in [6.45, 7) is 27.5. The van der Waals surface area contributed by atoms with Crippen molar-refractivity contribution in [2.75, 3.05) is 18.5 Å². The number of hydrogen-bond acceptors (Lipinski definition) is 7. The molecule has 10 rings (SSSR count). The summed E-state index contributed by atoms with van der Waals surface area (Å²) in [4.78, 5) is 11.2. The van der Waals surface area contributed by atoms with Crippen LogP contribution < -0.4 is 118 Å². The largest absolute Gasteiger partial charge is 1.00 e. The van der Waals surface area contributed by atoms with Crippen molar-refractivity contribution >= 4 is 22.4 Å². The second-order valence-corrected chi connectivity index (χ2v) is 19.5. The third-order valence-corrected chi connectivity index (χ3v) is 14.7. The van der Waals surface area contributed by atoms with Crippen molar-refractivity contribution in [3.8, 4) is 45.3 Å². The zero-order chi connectivity index (χ0) is 57.1. The van der Waals surface area contributed by atoms with Gasteiger partial charge in [-0.25, -0.2) is 0 Å². The number of rotatable bonds is 20. The van der Waals surface area contributed by atoms with E-state index in [0.717, 1.165) is 50.2 Å². The summed E-state index contributed by atoms with van der Waals surface area (Å²) in [5.41, 5.74) is 17.1. The van der Waals surface area contributed by atoms with Gasteiger partial charge in [0.1, 0.15) is 36.2 Å². The molecule has 0 aliphatic heterocycles. The molecule has 0 atom stereocenters. The summed E-state index contributed by atoms with van der Waals surface area (Å²) in [5.74, 6) is 2.25. The molecule has 10 heteroatoms. The minimum Gasteiger partial charge on any atom is -1.00 e. The number of carbonyl (C=O) groups excluding carboxylic acids is 1. The van der Waals surface area contributed by atoms with Gasteiger partial charge in [-0.2, -0.15) is 0 Å². The molecule has 7 nitrogen and oxygen atoms in total. The number of phenols is 2. The first-order valence-corrected chi connectivity index (χ1v) is 27.4. The van der Waals surface area contributed by atoms with Crippen LogP contribution in [-0.4, -0.2) is 35.2 Å². The molecule has 2 aliphatic rings. The number of carbonyl (C=O) groups is 1. The van der Waals surface area contributed by atoms with Gasteiger partial charge in [0.15, 0.2) is 0 Å². The molecule has 0 saturated carbocycles. The van der Waals surface area contributed by atoms with E-state index in [1.807, 2.05) is 36.4 Å². The van der Waals surface area contributed by atoms with Crippen LogP contribution in [0.5, 0.6) is 23.0 Å². The van der Waals surface area contributed by atoms with Crippen molar-refractivity contribution in [1.82, 2.24) is 0 Å². The van der Waals surface area contributed by atoms with E-state index in [1.165, 1.54) is 55.6 Å². The molecule has 406 valence electrons. The van der Waals surface area contributed by atoms with Gasteiger partial charge < -0.3 is 31.3 Å². The standard InChI is InChI=1S/C37H34O2.C31H26O2.C3H5Br.CH2O3.2K.H/c1-5-13-27-25-29(19-21-35(27)38-23-7-3)37(30-20-22-36(39-24-8-4)28(26-30)14-6-2)33-17-11-9-15-31(33)32-16-10-12-18-34(32)37;1-3-9-21-19-23(15-17-29(21)32)31(24-16-18-30(33)22(20-24)10-4-2)27-13-7-5-11-25(27)26-12-6-8-14-28(26)31;1-2-3-4;2-1-4-3;;;/h5-12,15-22,25-26H,1-4,13-14,23-24H2;3-8,11-20,32-33H,1-2,9-10H2;2H,1,3H2;1,3H;;;/q;;;;2*+1;-1/p-1. The van der Waals surface area contributed by atoms with Gasteiger partial charge in [0.05, 0.1) is 10.8 Å². The van der Waals surface area contributed by atoms with Crippen molar-refractivity contribution in [2.45, 2.75) is 36.5 Å². The Labute approximate surface area is 579 Å². The molecule has 2 N–H and O–H groups in total. The molecular formula is C72H67BrK2O7. The third-order valence-electron chi connectivity index (χ3n) is 14.2. The fourth-order valence-corrected chi connectivity index (χ4v) is 11.2. The SMILES string of the molecule is C=CCBr.C=CCOc1ccc(C2(c3ccc(OCC=C)c(CC=C)c3)c3ccccc3-c3ccccc32)cc1CC=C.C=CCc1cc(C2(c3ccc(O)c(CC=C)c3)c3ccccc3-c3ccccc32)ccc1O.O=CO[O-].[H-].[K+].[K+]. The first-order chi connectivity index (χ1) is 39.1. The molecule has 8 aromatic rings. The van der Waals surface area contributed by atoms with Crippen LogP contribution in [0.1, 0.15) is 68.2 Å². The smallest absolute Gasteiger partial charge is 1.00 e. The summed E-state index contributed by atoms with van der Waals surface area (Å²) < 4.78 is 12.1. The number of hydrogen-bond donors (Lipinski definition) is 2. The van der Waals surface area contributed by atoms with Crippen LogP contribution in [-0.2, 0) is 46.2 Å². The maximum absolute atomic E-state index is 10.5. The Morgan fingerprint density at radius 3 is 0.963 bits per heavy atom. The first-order valence-electron chi connectivity index (χ1n) is 26.2. The van der Waals surface area contributed by atoms with Crippen molar-refractivity contribution in [3.05, 3.63) is 325 Å². The van der Waals surface area contributed by atoms with E-state index in [1.54, 1.807) is 30.4 Å². The summed E-state index contributed by atoms with van der Waals surface area (Å²) in [6.07, 6.45) is 15.4. The second-order valence-electron chi connectivity index (χ2n) is 18.8. The zero-order valence-corrected chi connectivity index (χ0v) is 54.8. The summed E-state index contributed by atoms with van der Waals surface area (Å²) >= 11 is 3.13. The van der Waals surface area contributed by atoms with Gasteiger partial charge in [0.25, 0.3) is 6.47 Å². The van der Waals surface area contributed by atoms with E-state index in [9.17, 15) is 10.2 Å². The fourth-order valence-electron chi connectivity index (χ4n) is 11.2. The molecule has 82 heavy (non-hydrogen) atoms. The van der Waals surface area contributed by atoms with Crippen molar-refractivity contribution in [1.29, 1.82) is 0 Å². The Hall–Kier alpha value is -5.68. The molecule has 0 radical (unpaired) electrons. The van der Waals surface area contributed by atoms with Crippen LogP contribution >= 0.6 is 15.9 Å². The number of allylic oxidation sites excluding steroid dienone is 5. The molecule has 0 spiro atoms. The van der Waals surface area contributed by atoms with Crippen LogP contribution in [0.25, 0.3) is 22.3 Å². The number of fused-ring (bicyclic) bond motifs is 6. The molecule has 0 bridgehead atoms. The summed E-state index contributed by atoms with van der Waals surface area (Å²) in [5, 5.41) is 30.4. The van der Waals surface area contributed by atoms with E-state index >= 15 is 0 Å². The van der Waals surface area contributed by atoms with Crippen LogP contribution in [0.4, 0.5) is 0 Å². The van der Waals surface area contributed by atoms with E-state index in [4.69, 9.17) is 19.5 Å². The minimum atomic E-state index is -0.583. The topological polar surface area (TPSA) is 108 Å². The Bertz CT molecular complexity index is 3320. The Morgan fingerprint density at radius 1 is 0.427 bits per heavy atom. The number of ether oxygens (including phenoxy) is 2. The van der Waals surface area contributed by atoms with Crippen molar-refractivity contribution < 1.29 is 139 Å². The molecule has 0 saturated heterocycles. The van der Waals surface area contributed by atoms with Gasteiger partial charge in [-0.1, -0.05) is 217 Å². The predicted octanol–water partition coefficient (Wildman–Crippen LogP) is 9.68. The monoisotopic (exact) mass is 1200 g/mol. The molecule has 0 unspecified atom stereocenters. The van der Waals surface area contributed by atoms with Gasteiger partial charge in [-0.3, -0.25) is 4.79 Å².